The number of aliphatic carboxylic acids is 2. The molecule has 17 heavy (non-hydrogen) atoms. The smallest absolute Gasteiger partial charge is 0.303 e. The van der Waals surface area contributed by atoms with Gasteiger partial charge in [0.05, 0.1) is 13.2 Å². The molecule has 100 valence electrons. The molecule has 0 aromatic carbocycles. The van der Waals surface area contributed by atoms with Crippen LogP contribution in [0.4, 0.5) is 0 Å². The lowest BCUT2D eigenvalue weighted by Gasteiger charge is -2.16. The van der Waals surface area contributed by atoms with Gasteiger partial charge in [0, 0.05) is 12.8 Å². The molecule has 0 saturated carbocycles. The summed E-state index contributed by atoms with van der Waals surface area (Å²) in [6.07, 6.45) is 0.579. The monoisotopic (exact) mass is 285 g/mol. The molecule has 0 aliphatic carbocycles. The van der Waals surface area contributed by atoms with E-state index in [1.54, 1.807) is 0 Å². The maximum absolute atomic E-state index is 10.2. The summed E-state index contributed by atoms with van der Waals surface area (Å²) in [5, 5.41) is 16.8. The van der Waals surface area contributed by atoms with Crippen LogP contribution in [0.5, 0.6) is 0 Å². The fourth-order valence-electron chi connectivity index (χ4n) is 0.868. The molecule has 0 amide bonds. The molecule has 0 aliphatic heterocycles. The summed E-state index contributed by atoms with van der Waals surface area (Å²) in [6.45, 7) is -2.62. The topological polar surface area (TPSA) is 119 Å². The first-order valence-corrected chi connectivity index (χ1v) is 7.65. The summed E-state index contributed by atoms with van der Waals surface area (Å²) in [7, 11) is 0. The van der Waals surface area contributed by atoms with Crippen LogP contribution in [-0.2, 0) is 30.4 Å². The minimum Gasteiger partial charge on any atom is -0.481 e. The fourth-order valence-corrected chi connectivity index (χ4v) is 2.16. The summed E-state index contributed by atoms with van der Waals surface area (Å²) >= 11 is 4.85. The average molecular weight is 285 g/mol. The van der Waals surface area contributed by atoms with Crippen molar-refractivity contribution in [2.24, 2.45) is 5.50 Å². The van der Waals surface area contributed by atoms with Crippen molar-refractivity contribution in [1.29, 1.82) is 0 Å². The quantitative estimate of drug-likeness (QED) is 0.400. The Morgan fingerprint density at radius 1 is 1.06 bits per heavy atom. The highest BCUT2D eigenvalue weighted by Gasteiger charge is 2.12. The minimum atomic E-state index is -2.86. The fraction of sp³-hybridized carbons (Fsp3) is 0.750. The van der Waals surface area contributed by atoms with Crippen molar-refractivity contribution in [2.75, 3.05) is 13.2 Å². The normalized spacial score (nSPS) is 11.4. The SMILES string of the molecule is NP(=S)(OCCCC(=O)O)OCCCC(=O)O. The predicted molar refractivity (Wildman–Crippen MR) is 64.1 cm³/mol. The molecular weight excluding hydrogens is 269 g/mol. The van der Waals surface area contributed by atoms with Gasteiger partial charge in [0.1, 0.15) is 0 Å². The number of carbonyl (C=O) groups is 2. The lowest BCUT2D eigenvalue weighted by Crippen LogP contribution is -2.08. The Hall–Kier alpha value is -0.530. The number of nitrogens with two attached hydrogens (primary N) is 1. The van der Waals surface area contributed by atoms with Crippen molar-refractivity contribution in [1.82, 2.24) is 0 Å². The van der Waals surface area contributed by atoms with Crippen molar-refractivity contribution in [3.8, 4) is 0 Å². The van der Waals surface area contributed by atoms with Crippen molar-refractivity contribution in [3.05, 3.63) is 0 Å². The molecule has 4 N–H and O–H groups in total. The number of rotatable bonds is 10. The van der Waals surface area contributed by atoms with Crippen LogP contribution in [0.1, 0.15) is 25.7 Å². The Kier molecular flexibility index (Phi) is 8.28. The second kappa shape index (κ2) is 8.54. The average Bonchev–Trinajstić information content (AvgIpc) is 2.19. The van der Waals surface area contributed by atoms with Crippen molar-refractivity contribution < 1.29 is 28.8 Å². The third-order valence-corrected chi connectivity index (χ3v) is 3.33. The van der Waals surface area contributed by atoms with Gasteiger partial charge in [-0.1, -0.05) is 0 Å². The van der Waals surface area contributed by atoms with E-state index in [4.69, 9.17) is 36.6 Å². The van der Waals surface area contributed by atoms with Crippen LogP contribution in [0.15, 0.2) is 0 Å². The highest BCUT2D eigenvalue weighted by molar-refractivity contribution is 8.08. The van der Waals surface area contributed by atoms with E-state index in [2.05, 4.69) is 0 Å². The van der Waals surface area contributed by atoms with E-state index in [0.29, 0.717) is 12.8 Å². The van der Waals surface area contributed by atoms with Gasteiger partial charge in [0.2, 0.25) is 0 Å². The summed E-state index contributed by atoms with van der Waals surface area (Å²) in [5.74, 6) is -1.83. The molecule has 0 heterocycles. The van der Waals surface area contributed by atoms with Crippen molar-refractivity contribution in [3.63, 3.8) is 0 Å². The van der Waals surface area contributed by atoms with Gasteiger partial charge >= 0.3 is 11.9 Å². The van der Waals surface area contributed by atoms with Gasteiger partial charge in [-0.2, -0.15) is 0 Å². The zero-order chi connectivity index (χ0) is 13.3. The second-order valence-corrected chi connectivity index (χ2v) is 6.32. The van der Waals surface area contributed by atoms with E-state index in [9.17, 15) is 9.59 Å². The van der Waals surface area contributed by atoms with E-state index in [1.165, 1.54) is 0 Å². The molecule has 0 atom stereocenters. The molecular formula is C8H16NO6PS. The van der Waals surface area contributed by atoms with Gasteiger partial charge in [-0.25, -0.2) is 0 Å². The molecule has 0 aliphatic rings. The van der Waals surface area contributed by atoms with Crippen LogP contribution in [0.2, 0.25) is 0 Å². The zero-order valence-electron chi connectivity index (χ0n) is 9.20. The molecule has 0 bridgehead atoms. The molecule has 0 aromatic heterocycles. The predicted octanol–water partition coefficient (Wildman–Crippen LogP) is 0.932. The van der Waals surface area contributed by atoms with Gasteiger partial charge in [-0.15, -0.1) is 0 Å². The van der Waals surface area contributed by atoms with E-state index < -0.39 is 18.6 Å². The van der Waals surface area contributed by atoms with Crippen LogP contribution < -0.4 is 5.50 Å². The molecule has 0 rings (SSSR count). The van der Waals surface area contributed by atoms with Gasteiger partial charge in [-0.05, 0) is 24.6 Å². The standard InChI is InChI=1S/C8H16NO6PS/c9-16(17,14-5-1-3-7(10)11)15-6-2-4-8(12)13/h1-6H2,(H2,9,17)(H,10,11)(H,12,13). The first-order chi connectivity index (χ1) is 7.83. The van der Waals surface area contributed by atoms with E-state index >= 15 is 0 Å². The Bertz CT molecular complexity index is 284. The second-order valence-electron chi connectivity index (χ2n) is 3.20. The maximum atomic E-state index is 10.2. The lowest BCUT2D eigenvalue weighted by molar-refractivity contribution is -0.138. The van der Waals surface area contributed by atoms with Crippen LogP contribution in [0.25, 0.3) is 0 Å². The third kappa shape index (κ3) is 11.7. The highest BCUT2D eigenvalue weighted by atomic mass is 32.5. The van der Waals surface area contributed by atoms with Gasteiger partial charge in [0.15, 0.2) is 0 Å². The molecule has 0 radical (unpaired) electrons. The van der Waals surface area contributed by atoms with Crippen LogP contribution in [0, 0.1) is 0 Å². The molecule has 0 fully saturated rings. The van der Waals surface area contributed by atoms with Gasteiger partial charge < -0.3 is 19.3 Å². The molecule has 9 heteroatoms. The third-order valence-electron chi connectivity index (χ3n) is 1.61. The largest absolute Gasteiger partial charge is 0.481 e. The number of carboxylic acids is 2. The van der Waals surface area contributed by atoms with E-state index in [0.717, 1.165) is 0 Å². The minimum absolute atomic E-state index is 0.0195. The number of carboxylic acid groups (broad SMARTS) is 2. The van der Waals surface area contributed by atoms with Gasteiger partial charge in [-0.3, -0.25) is 15.1 Å². The first-order valence-electron chi connectivity index (χ1n) is 4.95. The Balaban J connectivity index is 3.62. The maximum Gasteiger partial charge on any atom is 0.303 e. The summed E-state index contributed by atoms with van der Waals surface area (Å²) in [6, 6.07) is 0. The lowest BCUT2D eigenvalue weighted by atomic mass is 10.3. The summed E-state index contributed by atoms with van der Waals surface area (Å²) in [5.41, 5.74) is 5.54. The Morgan fingerprint density at radius 3 is 1.71 bits per heavy atom. The molecule has 7 nitrogen and oxygen atoms in total. The van der Waals surface area contributed by atoms with Crippen molar-refractivity contribution in [2.45, 2.75) is 25.7 Å². The molecule has 0 spiro atoms. The van der Waals surface area contributed by atoms with Crippen LogP contribution >= 0.6 is 6.64 Å². The van der Waals surface area contributed by atoms with Crippen molar-refractivity contribution >= 4 is 30.4 Å². The molecule has 0 saturated heterocycles. The summed E-state index contributed by atoms with van der Waals surface area (Å²) < 4.78 is 10.1. The van der Waals surface area contributed by atoms with E-state index in [-0.39, 0.29) is 26.1 Å². The molecule has 0 unspecified atom stereocenters. The number of hydrogen-bond donors (Lipinski definition) is 3. The van der Waals surface area contributed by atoms with Crippen LogP contribution in [0.3, 0.4) is 0 Å². The Morgan fingerprint density at radius 2 is 1.41 bits per heavy atom. The number of hydrogen-bond acceptors (Lipinski definition) is 5. The van der Waals surface area contributed by atoms with Gasteiger partial charge in [0.25, 0.3) is 6.64 Å². The van der Waals surface area contributed by atoms with Crippen LogP contribution in [-0.4, -0.2) is 35.4 Å². The summed E-state index contributed by atoms with van der Waals surface area (Å²) in [4.78, 5) is 20.4. The molecule has 0 aromatic rings. The zero-order valence-corrected chi connectivity index (χ0v) is 10.9. The highest BCUT2D eigenvalue weighted by Crippen LogP contribution is 2.39. The van der Waals surface area contributed by atoms with E-state index in [1.807, 2.05) is 0 Å². The first kappa shape index (κ1) is 16.5. The Labute approximate surface area is 104 Å².